The normalized spacial score (nSPS) is 10.4. The van der Waals surface area contributed by atoms with Gasteiger partial charge in [0.15, 0.2) is 5.11 Å². The third kappa shape index (κ3) is 2.99. The van der Waals surface area contributed by atoms with Crippen LogP contribution in [0.15, 0.2) is 6.20 Å². The van der Waals surface area contributed by atoms with Crippen molar-refractivity contribution in [3.63, 3.8) is 0 Å². The van der Waals surface area contributed by atoms with E-state index in [1.165, 1.54) is 0 Å². The molecule has 14 heavy (non-hydrogen) atoms. The third-order valence-electron chi connectivity index (χ3n) is 1.68. The molecule has 0 amide bonds. The zero-order valence-electron chi connectivity index (χ0n) is 8.96. The maximum atomic E-state index is 5.12. The smallest absolute Gasteiger partial charge is 0.171 e. The molecule has 1 aromatic rings. The maximum Gasteiger partial charge on any atom is 0.171 e. The first-order valence-corrected chi connectivity index (χ1v) is 4.97. The highest BCUT2D eigenvalue weighted by Gasteiger charge is 2.04. The van der Waals surface area contributed by atoms with Gasteiger partial charge in [-0.2, -0.15) is 5.10 Å². The molecular weight excluding hydrogens is 196 g/mol. The molecule has 0 radical (unpaired) electrons. The fraction of sp³-hybridized carbons (Fsp3) is 0.556. The van der Waals surface area contributed by atoms with Gasteiger partial charge in [0.2, 0.25) is 0 Å². The monoisotopic (exact) mass is 212 g/mol. The van der Waals surface area contributed by atoms with Gasteiger partial charge in [-0.15, -0.1) is 0 Å². The van der Waals surface area contributed by atoms with Crippen LogP contribution in [-0.2, 0) is 7.05 Å². The fourth-order valence-electron chi connectivity index (χ4n) is 1.14. The summed E-state index contributed by atoms with van der Waals surface area (Å²) in [5.41, 5.74) is 1.89. The summed E-state index contributed by atoms with van der Waals surface area (Å²) < 4.78 is 1.76. The van der Waals surface area contributed by atoms with Gasteiger partial charge in [0.25, 0.3) is 0 Å². The molecule has 1 rings (SSSR count). The number of nitrogens with zero attached hydrogens (tertiary/aromatic N) is 2. The van der Waals surface area contributed by atoms with Gasteiger partial charge < -0.3 is 10.6 Å². The molecule has 0 aliphatic carbocycles. The van der Waals surface area contributed by atoms with E-state index < -0.39 is 0 Å². The summed E-state index contributed by atoms with van der Waals surface area (Å²) in [6.45, 7) is 6.04. The number of thiocarbonyl (C=S) groups is 1. The fourth-order valence-corrected chi connectivity index (χ4v) is 1.49. The van der Waals surface area contributed by atoms with Crippen molar-refractivity contribution in [2.75, 3.05) is 5.32 Å². The Labute approximate surface area is 89.7 Å². The van der Waals surface area contributed by atoms with Crippen LogP contribution in [0.4, 0.5) is 5.69 Å². The highest BCUT2D eigenvalue weighted by atomic mass is 32.1. The van der Waals surface area contributed by atoms with Crippen LogP contribution in [0.5, 0.6) is 0 Å². The number of rotatable bonds is 2. The van der Waals surface area contributed by atoms with Crippen molar-refractivity contribution >= 4 is 23.0 Å². The van der Waals surface area contributed by atoms with Gasteiger partial charge in [-0.1, -0.05) is 0 Å². The van der Waals surface area contributed by atoms with E-state index in [-0.39, 0.29) is 0 Å². The van der Waals surface area contributed by atoms with Gasteiger partial charge in [0, 0.05) is 19.3 Å². The molecule has 0 fully saturated rings. The van der Waals surface area contributed by atoms with E-state index in [0.29, 0.717) is 11.2 Å². The van der Waals surface area contributed by atoms with Crippen LogP contribution in [0.1, 0.15) is 19.5 Å². The molecule has 0 aliphatic rings. The molecule has 4 nitrogen and oxygen atoms in total. The quantitative estimate of drug-likeness (QED) is 0.728. The van der Waals surface area contributed by atoms with Crippen LogP contribution >= 0.6 is 12.2 Å². The minimum Gasteiger partial charge on any atom is -0.360 e. The maximum absolute atomic E-state index is 5.12. The van der Waals surface area contributed by atoms with Crippen LogP contribution in [0.3, 0.4) is 0 Å². The van der Waals surface area contributed by atoms with E-state index in [1.807, 2.05) is 34.0 Å². The third-order valence-corrected chi connectivity index (χ3v) is 1.90. The number of anilines is 1. The second-order valence-corrected chi connectivity index (χ2v) is 3.96. The van der Waals surface area contributed by atoms with E-state index in [9.17, 15) is 0 Å². The van der Waals surface area contributed by atoms with Crippen molar-refractivity contribution in [1.29, 1.82) is 0 Å². The molecule has 0 aliphatic heterocycles. The topological polar surface area (TPSA) is 41.9 Å². The van der Waals surface area contributed by atoms with Crippen molar-refractivity contribution in [2.45, 2.75) is 26.8 Å². The summed E-state index contributed by atoms with van der Waals surface area (Å²) in [4.78, 5) is 0. The molecule has 0 saturated heterocycles. The molecule has 0 unspecified atom stereocenters. The molecule has 5 heteroatoms. The summed E-state index contributed by atoms with van der Waals surface area (Å²) in [7, 11) is 1.89. The summed E-state index contributed by atoms with van der Waals surface area (Å²) in [5.74, 6) is 0. The van der Waals surface area contributed by atoms with E-state index in [0.717, 1.165) is 11.4 Å². The Morgan fingerprint density at radius 1 is 1.57 bits per heavy atom. The number of aryl methyl sites for hydroxylation is 2. The van der Waals surface area contributed by atoms with Gasteiger partial charge in [0.1, 0.15) is 0 Å². The predicted octanol–water partition coefficient (Wildman–Crippen LogP) is 1.42. The Hall–Kier alpha value is -1.10. The largest absolute Gasteiger partial charge is 0.360 e. The molecule has 2 N–H and O–H groups in total. The van der Waals surface area contributed by atoms with Gasteiger partial charge in [-0.05, 0) is 33.0 Å². The van der Waals surface area contributed by atoms with Crippen LogP contribution < -0.4 is 10.6 Å². The lowest BCUT2D eigenvalue weighted by Crippen LogP contribution is -2.33. The Bertz CT molecular complexity index is 330. The Morgan fingerprint density at radius 3 is 2.64 bits per heavy atom. The SMILES string of the molecule is Cc1nn(C)cc1NC(=S)NC(C)C. The average Bonchev–Trinajstić information content (AvgIpc) is 2.28. The van der Waals surface area contributed by atoms with E-state index in [1.54, 1.807) is 4.68 Å². The van der Waals surface area contributed by atoms with E-state index >= 15 is 0 Å². The van der Waals surface area contributed by atoms with Crippen LogP contribution in [0.2, 0.25) is 0 Å². The van der Waals surface area contributed by atoms with Crippen LogP contribution in [0.25, 0.3) is 0 Å². The molecule has 1 aromatic heterocycles. The van der Waals surface area contributed by atoms with Crippen molar-refractivity contribution in [1.82, 2.24) is 15.1 Å². The molecule has 0 spiro atoms. The first-order valence-electron chi connectivity index (χ1n) is 4.57. The lowest BCUT2D eigenvalue weighted by atomic mass is 10.4. The molecule has 1 heterocycles. The molecule has 0 atom stereocenters. The predicted molar refractivity (Wildman–Crippen MR) is 62.4 cm³/mol. The molecule has 0 saturated carbocycles. The second kappa shape index (κ2) is 4.41. The summed E-state index contributed by atoms with van der Waals surface area (Å²) in [6, 6.07) is 0.340. The average molecular weight is 212 g/mol. The van der Waals surface area contributed by atoms with Gasteiger partial charge >= 0.3 is 0 Å². The highest BCUT2D eigenvalue weighted by Crippen LogP contribution is 2.10. The molecule has 0 aromatic carbocycles. The minimum atomic E-state index is 0.340. The Morgan fingerprint density at radius 2 is 2.21 bits per heavy atom. The Balaban J connectivity index is 2.60. The van der Waals surface area contributed by atoms with Gasteiger partial charge in [-0.25, -0.2) is 0 Å². The summed E-state index contributed by atoms with van der Waals surface area (Å²) in [6.07, 6.45) is 1.91. The van der Waals surface area contributed by atoms with Crippen molar-refractivity contribution in [3.8, 4) is 0 Å². The van der Waals surface area contributed by atoms with Crippen LogP contribution in [-0.4, -0.2) is 20.9 Å². The zero-order valence-corrected chi connectivity index (χ0v) is 9.77. The van der Waals surface area contributed by atoms with Crippen molar-refractivity contribution in [3.05, 3.63) is 11.9 Å². The molecular formula is C9H16N4S. The standard InChI is InChI=1S/C9H16N4S/c1-6(2)10-9(14)11-8-5-13(4)12-7(8)3/h5-6H,1-4H3,(H2,10,11,14). The Kier molecular flexibility index (Phi) is 3.46. The van der Waals surface area contributed by atoms with Gasteiger partial charge in [-0.3, -0.25) is 4.68 Å². The lowest BCUT2D eigenvalue weighted by Gasteiger charge is -2.11. The molecule has 78 valence electrons. The van der Waals surface area contributed by atoms with E-state index in [4.69, 9.17) is 12.2 Å². The molecule has 0 bridgehead atoms. The van der Waals surface area contributed by atoms with Crippen molar-refractivity contribution < 1.29 is 0 Å². The summed E-state index contributed by atoms with van der Waals surface area (Å²) >= 11 is 5.12. The first-order chi connectivity index (χ1) is 6.49. The first kappa shape index (κ1) is 11.0. The number of hydrogen-bond acceptors (Lipinski definition) is 2. The van der Waals surface area contributed by atoms with Crippen molar-refractivity contribution in [2.24, 2.45) is 7.05 Å². The van der Waals surface area contributed by atoms with Crippen LogP contribution in [0, 0.1) is 6.92 Å². The number of hydrogen-bond donors (Lipinski definition) is 2. The second-order valence-electron chi connectivity index (χ2n) is 3.56. The summed E-state index contributed by atoms with van der Waals surface area (Å²) in [5, 5.41) is 11.1. The lowest BCUT2D eigenvalue weighted by molar-refractivity contribution is 0.739. The minimum absolute atomic E-state index is 0.340. The number of aromatic nitrogens is 2. The van der Waals surface area contributed by atoms with E-state index in [2.05, 4.69) is 15.7 Å². The zero-order chi connectivity index (χ0) is 10.7. The highest BCUT2D eigenvalue weighted by molar-refractivity contribution is 7.80. The van der Waals surface area contributed by atoms with Gasteiger partial charge in [0.05, 0.1) is 11.4 Å². The number of nitrogens with one attached hydrogen (secondary N) is 2.